The Hall–Kier alpha value is -0.970. The van der Waals surface area contributed by atoms with Crippen LogP contribution in [0.2, 0.25) is 0 Å². The molecular weight excluding hydrogens is 333 g/mol. The van der Waals surface area contributed by atoms with E-state index in [0.29, 0.717) is 17.8 Å². The van der Waals surface area contributed by atoms with Crippen molar-refractivity contribution < 1.29 is 4.79 Å². The van der Waals surface area contributed by atoms with Crippen LogP contribution in [0.15, 0.2) is 18.2 Å². The molecule has 4 nitrogen and oxygen atoms in total. The van der Waals surface area contributed by atoms with E-state index in [4.69, 9.17) is 5.73 Å². The third-order valence-corrected chi connectivity index (χ3v) is 3.52. The number of nitrogens with one attached hydrogen (secondary N) is 1. The van der Waals surface area contributed by atoms with Crippen LogP contribution >= 0.6 is 24.8 Å². The summed E-state index contributed by atoms with van der Waals surface area (Å²) in [5.74, 6) is -0.0302. The number of carbonyl (C=O) groups is 1. The summed E-state index contributed by atoms with van der Waals surface area (Å²) in [7, 11) is 0. The van der Waals surface area contributed by atoms with Crippen molar-refractivity contribution in [2.45, 2.75) is 40.0 Å². The molecule has 0 saturated carbocycles. The Bertz CT molecular complexity index is 449. The molecule has 0 aliphatic rings. The summed E-state index contributed by atoms with van der Waals surface area (Å²) >= 11 is 0. The first-order valence-corrected chi connectivity index (χ1v) is 7.95. The molecule has 1 aromatic carbocycles. The number of hydrogen-bond acceptors (Lipinski definition) is 3. The first kappa shape index (κ1) is 24.3. The molecule has 0 atom stereocenters. The van der Waals surface area contributed by atoms with Crippen molar-refractivity contribution in [2.75, 3.05) is 31.9 Å². The fourth-order valence-electron chi connectivity index (χ4n) is 2.45. The van der Waals surface area contributed by atoms with Crippen LogP contribution in [-0.4, -0.2) is 37.0 Å². The van der Waals surface area contributed by atoms with Gasteiger partial charge >= 0.3 is 0 Å². The van der Waals surface area contributed by atoms with Crippen LogP contribution in [0.25, 0.3) is 0 Å². The number of halogens is 2. The van der Waals surface area contributed by atoms with Crippen LogP contribution < -0.4 is 11.1 Å². The number of amides is 1. The largest absolute Gasteiger partial charge is 0.399 e. The summed E-state index contributed by atoms with van der Waals surface area (Å²) in [6, 6.07) is 5.44. The van der Waals surface area contributed by atoms with Crippen LogP contribution in [-0.2, 0) is 0 Å². The van der Waals surface area contributed by atoms with E-state index in [1.165, 1.54) is 12.8 Å². The lowest BCUT2D eigenvalue weighted by Crippen LogP contribution is -2.31. The Morgan fingerprint density at radius 2 is 1.74 bits per heavy atom. The van der Waals surface area contributed by atoms with E-state index >= 15 is 0 Å². The lowest BCUT2D eigenvalue weighted by molar-refractivity contribution is 0.0951. The van der Waals surface area contributed by atoms with Gasteiger partial charge in [-0.2, -0.15) is 0 Å². The van der Waals surface area contributed by atoms with Crippen molar-refractivity contribution in [3.05, 3.63) is 29.3 Å². The maximum atomic E-state index is 12.1. The van der Waals surface area contributed by atoms with Gasteiger partial charge in [-0.1, -0.05) is 19.9 Å². The molecule has 6 heteroatoms. The smallest absolute Gasteiger partial charge is 0.251 e. The molecule has 3 N–H and O–H groups in total. The number of hydrogen-bond donors (Lipinski definition) is 2. The zero-order chi connectivity index (χ0) is 15.7. The molecular formula is C17H31Cl2N3O. The van der Waals surface area contributed by atoms with Crippen LogP contribution in [0.1, 0.15) is 49.0 Å². The molecule has 0 heterocycles. The Balaban J connectivity index is 0. The number of benzene rings is 1. The Kier molecular flexibility index (Phi) is 14.2. The predicted octanol–water partition coefficient (Wildman–Crippen LogP) is 3.66. The third-order valence-electron chi connectivity index (χ3n) is 3.52. The fourth-order valence-corrected chi connectivity index (χ4v) is 2.45. The Morgan fingerprint density at radius 1 is 1.13 bits per heavy atom. The first-order chi connectivity index (χ1) is 10.1. The summed E-state index contributed by atoms with van der Waals surface area (Å²) in [5, 5.41) is 2.99. The zero-order valence-electron chi connectivity index (χ0n) is 14.4. The highest BCUT2D eigenvalue weighted by Crippen LogP contribution is 2.12. The number of nitrogens with zero attached hydrogens (tertiary/aromatic N) is 1. The molecule has 0 aliphatic heterocycles. The quantitative estimate of drug-likeness (QED) is 0.519. The number of rotatable bonds is 9. The molecule has 1 amide bonds. The minimum Gasteiger partial charge on any atom is -0.399 e. The van der Waals surface area contributed by atoms with E-state index in [0.717, 1.165) is 31.6 Å². The molecule has 0 spiro atoms. The van der Waals surface area contributed by atoms with Gasteiger partial charge in [-0.15, -0.1) is 24.8 Å². The van der Waals surface area contributed by atoms with E-state index in [1.54, 1.807) is 6.07 Å². The average molecular weight is 364 g/mol. The van der Waals surface area contributed by atoms with E-state index in [2.05, 4.69) is 24.1 Å². The Labute approximate surface area is 153 Å². The molecule has 1 rings (SSSR count). The second-order valence-electron chi connectivity index (χ2n) is 5.53. The van der Waals surface area contributed by atoms with Crippen molar-refractivity contribution >= 4 is 36.4 Å². The molecule has 1 aromatic rings. The highest BCUT2D eigenvalue weighted by molar-refractivity contribution is 5.96. The summed E-state index contributed by atoms with van der Waals surface area (Å²) in [5.41, 5.74) is 8.00. The fraction of sp³-hybridized carbons (Fsp3) is 0.588. The summed E-state index contributed by atoms with van der Waals surface area (Å²) in [6.45, 7) is 10.3. The lowest BCUT2D eigenvalue weighted by Gasteiger charge is -2.20. The lowest BCUT2D eigenvalue weighted by atomic mass is 10.1. The summed E-state index contributed by atoms with van der Waals surface area (Å²) < 4.78 is 0. The van der Waals surface area contributed by atoms with Gasteiger partial charge in [0.2, 0.25) is 0 Å². The van der Waals surface area contributed by atoms with Gasteiger partial charge < -0.3 is 16.0 Å². The second-order valence-corrected chi connectivity index (χ2v) is 5.53. The van der Waals surface area contributed by atoms with Gasteiger partial charge in [0.1, 0.15) is 0 Å². The van der Waals surface area contributed by atoms with E-state index in [-0.39, 0.29) is 30.7 Å². The number of nitrogens with two attached hydrogens (primary N) is 1. The number of anilines is 1. The molecule has 0 unspecified atom stereocenters. The molecule has 0 fully saturated rings. The van der Waals surface area contributed by atoms with Gasteiger partial charge in [0, 0.05) is 17.8 Å². The van der Waals surface area contributed by atoms with Crippen molar-refractivity contribution in [2.24, 2.45) is 0 Å². The van der Waals surface area contributed by atoms with Crippen molar-refractivity contribution in [1.29, 1.82) is 0 Å². The maximum absolute atomic E-state index is 12.1. The van der Waals surface area contributed by atoms with Crippen molar-refractivity contribution in [1.82, 2.24) is 10.2 Å². The van der Waals surface area contributed by atoms with Crippen LogP contribution in [0, 0.1) is 6.92 Å². The molecule has 134 valence electrons. The van der Waals surface area contributed by atoms with Gasteiger partial charge in [0.25, 0.3) is 5.91 Å². The van der Waals surface area contributed by atoms with Crippen LogP contribution in [0.3, 0.4) is 0 Å². The predicted molar refractivity (Wildman–Crippen MR) is 104 cm³/mol. The van der Waals surface area contributed by atoms with Crippen molar-refractivity contribution in [3.8, 4) is 0 Å². The van der Waals surface area contributed by atoms with Gasteiger partial charge in [-0.05, 0) is 63.5 Å². The van der Waals surface area contributed by atoms with Gasteiger partial charge in [0.05, 0.1) is 0 Å². The van der Waals surface area contributed by atoms with E-state index in [9.17, 15) is 4.79 Å². The topological polar surface area (TPSA) is 58.4 Å². The minimum atomic E-state index is -0.0302. The van der Waals surface area contributed by atoms with Gasteiger partial charge in [0.15, 0.2) is 0 Å². The highest BCUT2D eigenvalue weighted by Gasteiger charge is 2.09. The minimum absolute atomic E-state index is 0. The number of aryl methyl sites for hydroxylation is 1. The normalized spacial score (nSPS) is 9.91. The monoisotopic (exact) mass is 363 g/mol. The van der Waals surface area contributed by atoms with E-state index < -0.39 is 0 Å². The van der Waals surface area contributed by atoms with E-state index in [1.807, 2.05) is 19.1 Å². The second kappa shape index (κ2) is 13.5. The molecule has 0 aromatic heterocycles. The molecule has 23 heavy (non-hydrogen) atoms. The average Bonchev–Trinajstić information content (AvgIpc) is 2.46. The number of carbonyl (C=O) groups excluding carboxylic acids is 1. The molecule has 0 saturated heterocycles. The molecule has 0 radical (unpaired) electrons. The Morgan fingerprint density at radius 3 is 2.30 bits per heavy atom. The third kappa shape index (κ3) is 9.04. The van der Waals surface area contributed by atoms with Crippen LogP contribution in [0.5, 0.6) is 0 Å². The zero-order valence-corrected chi connectivity index (χ0v) is 16.1. The standard InChI is InChI=1S/C17H29N3O.2ClH/c1-4-10-20(11-5-2)12-6-9-19-17(21)16-13-15(18)8-7-14(16)3;;/h7-8,13H,4-6,9-12,18H2,1-3H3,(H,19,21);2*1H. The van der Waals surface area contributed by atoms with Gasteiger partial charge in [-0.3, -0.25) is 4.79 Å². The number of nitrogen functional groups attached to an aromatic ring is 1. The molecule has 0 bridgehead atoms. The highest BCUT2D eigenvalue weighted by atomic mass is 35.5. The maximum Gasteiger partial charge on any atom is 0.251 e. The molecule has 0 aliphatic carbocycles. The van der Waals surface area contributed by atoms with Crippen LogP contribution in [0.4, 0.5) is 5.69 Å². The summed E-state index contributed by atoms with van der Waals surface area (Å²) in [4.78, 5) is 14.6. The summed E-state index contributed by atoms with van der Waals surface area (Å²) in [6.07, 6.45) is 3.33. The van der Waals surface area contributed by atoms with Gasteiger partial charge in [-0.25, -0.2) is 0 Å². The first-order valence-electron chi connectivity index (χ1n) is 7.95. The SMILES string of the molecule is CCCN(CCC)CCCNC(=O)c1cc(N)ccc1C.Cl.Cl. The van der Waals surface area contributed by atoms with Crippen molar-refractivity contribution in [3.63, 3.8) is 0 Å².